The average Bonchev–Trinajstić information content (AvgIpc) is 3.02. The molecule has 1 amide bonds. The van der Waals surface area contributed by atoms with E-state index in [2.05, 4.69) is 26.6 Å². The highest BCUT2D eigenvalue weighted by Crippen LogP contribution is 2.27. The monoisotopic (exact) mass is 520 g/mol. The number of nitrogens with one attached hydrogen (secondary N) is 2. The van der Waals surface area contributed by atoms with Crippen molar-refractivity contribution < 1.29 is 9.21 Å². The molecule has 0 unspecified atom stereocenters. The summed E-state index contributed by atoms with van der Waals surface area (Å²) in [6.45, 7) is 6.49. The van der Waals surface area contributed by atoms with Crippen LogP contribution in [0.15, 0.2) is 15.5 Å². The van der Waals surface area contributed by atoms with E-state index in [0.717, 1.165) is 73.3 Å². The van der Waals surface area contributed by atoms with E-state index in [4.69, 9.17) is 4.42 Å². The smallest absolute Gasteiger partial charge is 0.225 e. The third-order valence-electron chi connectivity index (χ3n) is 5.55. The molecule has 8 heteroatoms. The van der Waals surface area contributed by atoms with Crippen LogP contribution >= 0.6 is 35.7 Å². The Hall–Kier alpha value is -0.900. The standard InChI is InChI=1S/C20H32N4O2S.HI/c1-14-12-17(15(2)26-14)13-22-20(21-3)23-18-6-4-16(5-7-18)19(25)24-8-10-27-11-9-24;/h12,16,18H,4-11,13H2,1-3H3,(H2,21,22,23);1H. The molecule has 6 nitrogen and oxygen atoms in total. The first-order chi connectivity index (χ1) is 13.1. The molecule has 28 heavy (non-hydrogen) atoms. The Kier molecular flexibility index (Phi) is 9.46. The Morgan fingerprint density at radius 1 is 1.25 bits per heavy atom. The topological polar surface area (TPSA) is 69.9 Å². The molecule has 1 aliphatic heterocycles. The van der Waals surface area contributed by atoms with E-state index in [0.29, 0.717) is 18.5 Å². The van der Waals surface area contributed by atoms with Crippen LogP contribution in [0.5, 0.6) is 0 Å². The van der Waals surface area contributed by atoms with Gasteiger partial charge in [-0.25, -0.2) is 0 Å². The highest BCUT2D eigenvalue weighted by molar-refractivity contribution is 14.0. The summed E-state index contributed by atoms with van der Waals surface area (Å²) in [5.41, 5.74) is 1.16. The number of halogens is 1. The molecule has 1 aromatic rings. The van der Waals surface area contributed by atoms with Crippen molar-refractivity contribution in [3.8, 4) is 0 Å². The number of carbonyl (C=O) groups excluding carboxylic acids is 1. The quantitative estimate of drug-likeness (QED) is 0.362. The molecule has 0 radical (unpaired) electrons. The lowest BCUT2D eigenvalue weighted by Crippen LogP contribution is -2.47. The normalized spacial score (nSPS) is 23.1. The lowest BCUT2D eigenvalue weighted by molar-refractivity contribution is -0.136. The molecule has 158 valence electrons. The number of nitrogens with zero attached hydrogens (tertiary/aromatic N) is 2. The van der Waals surface area contributed by atoms with Crippen molar-refractivity contribution in [1.29, 1.82) is 0 Å². The largest absolute Gasteiger partial charge is 0.466 e. The predicted molar refractivity (Wildman–Crippen MR) is 127 cm³/mol. The molecule has 3 rings (SSSR count). The zero-order valence-electron chi connectivity index (χ0n) is 17.1. The molecule has 0 bridgehead atoms. The van der Waals surface area contributed by atoms with Crippen molar-refractivity contribution in [2.45, 2.75) is 52.1 Å². The number of amides is 1. The van der Waals surface area contributed by atoms with Crippen LogP contribution in [0.2, 0.25) is 0 Å². The minimum absolute atomic E-state index is 0. The van der Waals surface area contributed by atoms with E-state index in [1.807, 2.05) is 25.6 Å². The minimum atomic E-state index is 0. The molecule has 1 aromatic heterocycles. The highest BCUT2D eigenvalue weighted by Gasteiger charge is 2.30. The van der Waals surface area contributed by atoms with Crippen molar-refractivity contribution in [3.63, 3.8) is 0 Å². The maximum absolute atomic E-state index is 12.7. The lowest BCUT2D eigenvalue weighted by Gasteiger charge is -2.34. The van der Waals surface area contributed by atoms with Gasteiger partial charge in [-0.1, -0.05) is 0 Å². The fourth-order valence-electron chi connectivity index (χ4n) is 3.95. The molecule has 2 N–H and O–H groups in total. The second kappa shape index (κ2) is 11.3. The summed E-state index contributed by atoms with van der Waals surface area (Å²) in [7, 11) is 1.80. The van der Waals surface area contributed by atoms with Crippen LogP contribution in [0.1, 0.15) is 42.8 Å². The van der Waals surface area contributed by atoms with Gasteiger partial charge in [0.25, 0.3) is 0 Å². The molecule has 2 heterocycles. The summed E-state index contributed by atoms with van der Waals surface area (Å²) < 4.78 is 5.58. The van der Waals surface area contributed by atoms with Crippen LogP contribution in [0.3, 0.4) is 0 Å². The first-order valence-electron chi connectivity index (χ1n) is 9.96. The van der Waals surface area contributed by atoms with E-state index in [9.17, 15) is 4.79 Å². The molecule has 2 fully saturated rings. The average molecular weight is 520 g/mol. The Morgan fingerprint density at radius 3 is 2.50 bits per heavy atom. The van der Waals surface area contributed by atoms with Gasteiger partial charge in [-0.2, -0.15) is 11.8 Å². The molecular formula is C20H33IN4O2S. The summed E-state index contributed by atoms with van der Waals surface area (Å²) in [4.78, 5) is 19.1. The molecular weight excluding hydrogens is 487 g/mol. The number of furan rings is 1. The Morgan fingerprint density at radius 2 is 1.93 bits per heavy atom. The Balaban J connectivity index is 0.00000280. The first-order valence-corrected chi connectivity index (χ1v) is 11.1. The van der Waals surface area contributed by atoms with Crippen molar-refractivity contribution in [2.24, 2.45) is 10.9 Å². The Bertz CT molecular complexity index is 665. The van der Waals surface area contributed by atoms with Gasteiger partial charge in [-0.3, -0.25) is 9.79 Å². The van der Waals surface area contributed by atoms with Gasteiger partial charge in [-0.05, 0) is 45.6 Å². The second-order valence-corrected chi connectivity index (χ2v) is 8.72. The molecule has 0 spiro atoms. The van der Waals surface area contributed by atoms with Crippen LogP contribution < -0.4 is 10.6 Å². The maximum Gasteiger partial charge on any atom is 0.225 e. The van der Waals surface area contributed by atoms with Gasteiger partial charge in [0.2, 0.25) is 5.91 Å². The van der Waals surface area contributed by atoms with Crippen LogP contribution in [0.4, 0.5) is 0 Å². The maximum atomic E-state index is 12.7. The van der Waals surface area contributed by atoms with Crippen LogP contribution in [-0.2, 0) is 11.3 Å². The van der Waals surface area contributed by atoms with Crippen LogP contribution in [-0.4, -0.2) is 54.5 Å². The Labute approximate surface area is 189 Å². The number of aliphatic imine (C=N–C) groups is 1. The van der Waals surface area contributed by atoms with Gasteiger partial charge >= 0.3 is 0 Å². The summed E-state index contributed by atoms with van der Waals surface area (Å²) in [5, 5.41) is 6.90. The van der Waals surface area contributed by atoms with E-state index < -0.39 is 0 Å². The third-order valence-corrected chi connectivity index (χ3v) is 6.50. The fraction of sp³-hybridized carbons (Fsp3) is 0.700. The van der Waals surface area contributed by atoms with Crippen LogP contribution in [0, 0.1) is 19.8 Å². The molecule has 1 saturated heterocycles. The molecule has 1 saturated carbocycles. The van der Waals surface area contributed by atoms with Crippen molar-refractivity contribution in [3.05, 3.63) is 23.2 Å². The first kappa shape index (κ1) is 23.4. The summed E-state index contributed by atoms with van der Waals surface area (Å²) in [6, 6.07) is 2.44. The number of hydrogen-bond acceptors (Lipinski definition) is 4. The minimum Gasteiger partial charge on any atom is -0.466 e. The van der Waals surface area contributed by atoms with Crippen molar-refractivity contribution >= 4 is 47.6 Å². The molecule has 0 aromatic carbocycles. The van der Waals surface area contributed by atoms with Crippen molar-refractivity contribution in [1.82, 2.24) is 15.5 Å². The lowest BCUT2D eigenvalue weighted by atomic mass is 9.85. The number of thioether (sulfide) groups is 1. The van der Waals surface area contributed by atoms with Gasteiger partial charge in [0.05, 0.1) is 0 Å². The number of guanidine groups is 1. The van der Waals surface area contributed by atoms with E-state index >= 15 is 0 Å². The summed E-state index contributed by atoms with van der Waals surface area (Å²) in [6.07, 6.45) is 3.97. The van der Waals surface area contributed by atoms with Gasteiger partial charge in [0, 0.05) is 55.7 Å². The summed E-state index contributed by atoms with van der Waals surface area (Å²) >= 11 is 1.95. The van der Waals surface area contributed by atoms with Crippen molar-refractivity contribution in [2.75, 3.05) is 31.6 Å². The van der Waals surface area contributed by atoms with Gasteiger partial charge in [0.1, 0.15) is 11.5 Å². The van der Waals surface area contributed by atoms with E-state index in [1.54, 1.807) is 7.05 Å². The SMILES string of the molecule is CN=C(NCc1cc(C)oc1C)NC1CCC(C(=O)N2CCSCC2)CC1.I. The van der Waals surface area contributed by atoms with Gasteiger partial charge in [-0.15, -0.1) is 24.0 Å². The molecule has 1 aliphatic carbocycles. The number of rotatable bonds is 4. The summed E-state index contributed by atoms with van der Waals surface area (Å²) in [5.74, 6) is 5.45. The number of aryl methyl sites for hydroxylation is 2. The predicted octanol–water partition coefficient (Wildman–Crippen LogP) is 3.31. The zero-order chi connectivity index (χ0) is 19.2. The molecule has 0 atom stereocenters. The van der Waals surface area contributed by atoms with Gasteiger partial charge < -0.3 is 20.0 Å². The fourth-order valence-corrected chi connectivity index (χ4v) is 4.86. The van der Waals surface area contributed by atoms with Gasteiger partial charge in [0.15, 0.2) is 5.96 Å². The third kappa shape index (κ3) is 6.30. The number of hydrogen-bond donors (Lipinski definition) is 2. The van der Waals surface area contributed by atoms with E-state index in [1.165, 1.54) is 0 Å². The van der Waals surface area contributed by atoms with E-state index in [-0.39, 0.29) is 29.9 Å². The zero-order valence-corrected chi connectivity index (χ0v) is 20.3. The number of carbonyl (C=O) groups is 1. The van der Waals surface area contributed by atoms with Crippen LogP contribution in [0.25, 0.3) is 0 Å². The highest BCUT2D eigenvalue weighted by atomic mass is 127. The molecule has 2 aliphatic rings. The second-order valence-electron chi connectivity index (χ2n) is 7.49.